The molecule has 0 saturated heterocycles. The summed E-state index contributed by atoms with van der Waals surface area (Å²) in [5.41, 5.74) is 0. The number of hydrogen-bond donors (Lipinski definition) is 0. The van der Waals surface area contributed by atoms with Crippen LogP contribution in [0.15, 0.2) is 0 Å². The maximum absolute atomic E-state index is 10.2. The predicted octanol–water partition coefficient (Wildman–Crippen LogP) is 2.24. The molecule has 0 unspecified atom stereocenters. The SMILES string of the molecule is CC(C)(OC=O)OC1CCCCC1. The summed E-state index contributed by atoms with van der Waals surface area (Å²) >= 11 is 0. The average molecular weight is 186 g/mol. The molecule has 1 rings (SSSR count). The fourth-order valence-electron chi connectivity index (χ4n) is 1.73. The van der Waals surface area contributed by atoms with Gasteiger partial charge in [0, 0.05) is 13.8 Å². The summed E-state index contributed by atoms with van der Waals surface area (Å²) in [6.07, 6.45) is 6.19. The van der Waals surface area contributed by atoms with Crippen molar-refractivity contribution in [2.45, 2.75) is 57.8 Å². The molecule has 0 N–H and O–H groups in total. The summed E-state index contributed by atoms with van der Waals surface area (Å²) in [5.74, 6) is -0.760. The van der Waals surface area contributed by atoms with Gasteiger partial charge in [0.05, 0.1) is 6.10 Å². The standard InChI is InChI=1S/C10H18O3/c1-10(2,12-8-11)13-9-6-4-3-5-7-9/h8-9H,3-7H2,1-2H3. The normalized spacial score (nSPS) is 19.8. The second kappa shape index (κ2) is 4.61. The molecule has 0 aliphatic heterocycles. The Morgan fingerprint density at radius 3 is 2.38 bits per heavy atom. The van der Waals surface area contributed by atoms with Gasteiger partial charge in [0.25, 0.3) is 6.47 Å². The molecule has 1 fully saturated rings. The van der Waals surface area contributed by atoms with Crippen LogP contribution < -0.4 is 0 Å². The van der Waals surface area contributed by atoms with Crippen molar-refractivity contribution in [3.8, 4) is 0 Å². The highest BCUT2D eigenvalue weighted by atomic mass is 16.7. The molecule has 0 aromatic carbocycles. The van der Waals surface area contributed by atoms with Gasteiger partial charge in [-0.2, -0.15) is 0 Å². The van der Waals surface area contributed by atoms with Crippen LogP contribution >= 0.6 is 0 Å². The van der Waals surface area contributed by atoms with Crippen LogP contribution in [0.1, 0.15) is 46.0 Å². The number of hydrogen-bond acceptors (Lipinski definition) is 3. The van der Waals surface area contributed by atoms with E-state index in [1.165, 1.54) is 19.3 Å². The third kappa shape index (κ3) is 3.77. The van der Waals surface area contributed by atoms with E-state index in [4.69, 9.17) is 9.47 Å². The number of ether oxygens (including phenoxy) is 2. The minimum atomic E-state index is -0.760. The van der Waals surface area contributed by atoms with Crippen molar-refractivity contribution in [1.29, 1.82) is 0 Å². The molecule has 0 bridgehead atoms. The second-order valence-electron chi connectivity index (χ2n) is 3.99. The summed E-state index contributed by atoms with van der Waals surface area (Å²) in [6, 6.07) is 0. The van der Waals surface area contributed by atoms with Crippen LogP contribution in [0.4, 0.5) is 0 Å². The second-order valence-corrected chi connectivity index (χ2v) is 3.99. The van der Waals surface area contributed by atoms with Gasteiger partial charge >= 0.3 is 0 Å². The van der Waals surface area contributed by atoms with Crippen LogP contribution in [0.25, 0.3) is 0 Å². The van der Waals surface area contributed by atoms with Gasteiger partial charge < -0.3 is 9.47 Å². The van der Waals surface area contributed by atoms with E-state index in [2.05, 4.69) is 0 Å². The summed E-state index contributed by atoms with van der Waals surface area (Å²) in [6.45, 7) is 3.99. The lowest BCUT2D eigenvalue weighted by Crippen LogP contribution is -2.34. The lowest BCUT2D eigenvalue weighted by atomic mass is 9.97. The first kappa shape index (κ1) is 10.5. The predicted molar refractivity (Wildman–Crippen MR) is 49.2 cm³/mol. The van der Waals surface area contributed by atoms with Gasteiger partial charge in [-0.15, -0.1) is 0 Å². The first-order valence-electron chi connectivity index (χ1n) is 4.93. The molecule has 1 aliphatic rings. The fraction of sp³-hybridized carbons (Fsp3) is 0.900. The van der Waals surface area contributed by atoms with Crippen LogP contribution in [-0.2, 0) is 14.3 Å². The van der Waals surface area contributed by atoms with Crippen molar-refractivity contribution in [2.75, 3.05) is 0 Å². The molecule has 0 aromatic heterocycles. The Bertz CT molecular complexity index is 160. The minimum Gasteiger partial charge on any atom is -0.436 e. The zero-order valence-electron chi connectivity index (χ0n) is 8.41. The first-order valence-corrected chi connectivity index (χ1v) is 4.93. The molecule has 0 spiro atoms. The molecule has 1 aliphatic carbocycles. The summed E-state index contributed by atoms with van der Waals surface area (Å²) < 4.78 is 10.5. The number of carbonyl (C=O) groups excluding carboxylic acids is 1. The van der Waals surface area contributed by atoms with Crippen molar-refractivity contribution in [1.82, 2.24) is 0 Å². The van der Waals surface area contributed by atoms with E-state index in [9.17, 15) is 4.79 Å². The van der Waals surface area contributed by atoms with Crippen molar-refractivity contribution in [3.63, 3.8) is 0 Å². The van der Waals surface area contributed by atoms with Crippen molar-refractivity contribution in [3.05, 3.63) is 0 Å². The Hall–Kier alpha value is -0.570. The zero-order valence-corrected chi connectivity index (χ0v) is 8.41. The number of rotatable bonds is 4. The summed E-state index contributed by atoms with van der Waals surface area (Å²) in [4.78, 5) is 10.2. The van der Waals surface area contributed by atoms with Crippen LogP contribution in [-0.4, -0.2) is 18.4 Å². The highest BCUT2D eigenvalue weighted by Crippen LogP contribution is 2.25. The lowest BCUT2D eigenvalue weighted by molar-refractivity contribution is -0.226. The van der Waals surface area contributed by atoms with E-state index in [0.29, 0.717) is 6.47 Å². The van der Waals surface area contributed by atoms with Crippen LogP contribution in [0.5, 0.6) is 0 Å². The molecule has 0 radical (unpaired) electrons. The van der Waals surface area contributed by atoms with E-state index >= 15 is 0 Å². The Labute approximate surface area is 79.4 Å². The first-order chi connectivity index (χ1) is 6.14. The summed E-state index contributed by atoms with van der Waals surface area (Å²) in [5, 5.41) is 0. The molecule has 3 heteroatoms. The topological polar surface area (TPSA) is 35.5 Å². The molecule has 0 amide bonds. The smallest absolute Gasteiger partial charge is 0.295 e. The monoisotopic (exact) mass is 186 g/mol. The van der Waals surface area contributed by atoms with Crippen molar-refractivity contribution < 1.29 is 14.3 Å². The van der Waals surface area contributed by atoms with Gasteiger partial charge in [0.2, 0.25) is 5.79 Å². The van der Waals surface area contributed by atoms with Crippen LogP contribution in [0.3, 0.4) is 0 Å². The van der Waals surface area contributed by atoms with Gasteiger partial charge in [-0.05, 0) is 12.8 Å². The van der Waals surface area contributed by atoms with E-state index in [-0.39, 0.29) is 6.10 Å². The van der Waals surface area contributed by atoms with Crippen molar-refractivity contribution >= 4 is 6.47 Å². The largest absolute Gasteiger partial charge is 0.436 e. The molecule has 76 valence electrons. The van der Waals surface area contributed by atoms with E-state index < -0.39 is 5.79 Å². The molecule has 0 heterocycles. The highest BCUT2D eigenvalue weighted by molar-refractivity contribution is 5.37. The molecule has 1 saturated carbocycles. The van der Waals surface area contributed by atoms with Gasteiger partial charge in [-0.3, -0.25) is 4.79 Å². The Morgan fingerprint density at radius 2 is 1.85 bits per heavy atom. The Balaban J connectivity index is 2.32. The molecule has 0 aromatic rings. The van der Waals surface area contributed by atoms with E-state index in [1.807, 2.05) is 0 Å². The lowest BCUT2D eigenvalue weighted by Gasteiger charge is -2.31. The molecule has 0 atom stereocenters. The molecular formula is C10H18O3. The molecule has 13 heavy (non-hydrogen) atoms. The van der Waals surface area contributed by atoms with Crippen molar-refractivity contribution in [2.24, 2.45) is 0 Å². The number of carbonyl (C=O) groups is 1. The quantitative estimate of drug-likeness (QED) is 0.499. The minimum absolute atomic E-state index is 0.267. The summed E-state index contributed by atoms with van der Waals surface area (Å²) in [7, 11) is 0. The zero-order chi connectivity index (χ0) is 9.73. The third-order valence-electron chi connectivity index (χ3n) is 2.33. The van der Waals surface area contributed by atoms with Gasteiger partial charge in [-0.25, -0.2) is 0 Å². The Kier molecular flexibility index (Phi) is 3.72. The van der Waals surface area contributed by atoms with E-state index in [0.717, 1.165) is 12.8 Å². The fourth-order valence-corrected chi connectivity index (χ4v) is 1.73. The maximum Gasteiger partial charge on any atom is 0.295 e. The molecular weight excluding hydrogens is 168 g/mol. The van der Waals surface area contributed by atoms with Crippen LogP contribution in [0.2, 0.25) is 0 Å². The maximum atomic E-state index is 10.2. The van der Waals surface area contributed by atoms with Gasteiger partial charge in [0.15, 0.2) is 0 Å². The highest BCUT2D eigenvalue weighted by Gasteiger charge is 2.25. The average Bonchev–Trinajstić information content (AvgIpc) is 2.04. The van der Waals surface area contributed by atoms with Gasteiger partial charge in [0.1, 0.15) is 0 Å². The molecule has 3 nitrogen and oxygen atoms in total. The third-order valence-corrected chi connectivity index (χ3v) is 2.33. The van der Waals surface area contributed by atoms with E-state index in [1.54, 1.807) is 13.8 Å². The Morgan fingerprint density at radius 1 is 1.23 bits per heavy atom. The van der Waals surface area contributed by atoms with Crippen LogP contribution in [0, 0.1) is 0 Å². The van der Waals surface area contributed by atoms with Gasteiger partial charge in [-0.1, -0.05) is 19.3 Å².